The van der Waals surface area contributed by atoms with E-state index in [1.54, 1.807) is 0 Å². The first-order valence-electron chi connectivity index (χ1n) is 5.95. The van der Waals surface area contributed by atoms with Crippen LogP contribution in [0.1, 0.15) is 20.8 Å². The van der Waals surface area contributed by atoms with Crippen LogP contribution in [0.25, 0.3) is 0 Å². The zero-order valence-electron chi connectivity index (χ0n) is 11.2. The fraction of sp³-hybridized carbons (Fsp3) is 0.750. The standard InChI is InChI=1S/C12H18O7/c1-7(13)16-4-10-11(5-17-8(2)14)18-6-12(10)19-9(3)15/h10-12H,4-6H2,1-3H3/t10-,11-,12+/m1/s1. The van der Waals surface area contributed by atoms with Crippen LogP contribution in [-0.4, -0.2) is 49.9 Å². The summed E-state index contributed by atoms with van der Waals surface area (Å²) >= 11 is 0. The quantitative estimate of drug-likeness (QED) is 0.517. The first-order valence-corrected chi connectivity index (χ1v) is 5.95. The number of carbonyl (C=O) groups is 3. The highest BCUT2D eigenvalue weighted by atomic mass is 16.6. The number of hydrogen-bond donors (Lipinski definition) is 0. The third kappa shape index (κ3) is 5.25. The number of carbonyl (C=O) groups excluding carboxylic acids is 3. The van der Waals surface area contributed by atoms with Crippen molar-refractivity contribution in [2.24, 2.45) is 5.92 Å². The van der Waals surface area contributed by atoms with Gasteiger partial charge in [0.05, 0.1) is 12.5 Å². The maximum absolute atomic E-state index is 11.0. The minimum absolute atomic E-state index is 0.0407. The smallest absolute Gasteiger partial charge is 0.302 e. The molecule has 1 aliphatic rings. The van der Waals surface area contributed by atoms with Crippen LogP contribution < -0.4 is 0 Å². The highest BCUT2D eigenvalue weighted by Crippen LogP contribution is 2.25. The summed E-state index contributed by atoms with van der Waals surface area (Å²) < 4.78 is 20.3. The van der Waals surface area contributed by atoms with Crippen LogP contribution in [-0.2, 0) is 33.3 Å². The first kappa shape index (κ1) is 15.4. The third-order valence-corrected chi connectivity index (χ3v) is 2.68. The van der Waals surface area contributed by atoms with Crippen molar-refractivity contribution in [3.8, 4) is 0 Å². The van der Waals surface area contributed by atoms with E-state index in [1.807, 2.05) is 0 Å². The number of ether oxygens (including phenoxy) is 4. The molecule has 0 amide bonds. The molecule has 1 aliphatic heterocycles. The second-order valence-corrected chi connectivity index (χ2v) is 4.29. The molecule has 0 unspecified atom stereocenters. The summed E-state index contributed by atoms with van der Waals surface area (Å²) in [7, 11) is 0. The second-order valence-electron chi connectivity index (χ2n) is 4.29. The van der Waals surface area contributed by atoms with Gasteiger partial charge in [0.15, 0.2) is 0 Å². The van der Waals surface area contributed by atoms with Gasteiger partial charge in [-0.25, -0.2) is 0 Å². The Bertz CT molecular complexity index is 352. The number of hydrogen-bond acceptors (Lipinski definition) is 7. The molecule has 1 fully saturated rings. The Labute approximate surface area is 111 Å². The Balaban J connectivity index is 2.60. The predicted molar refractivity (Wildman–Crippen MR) is 62.1 cm³/mol. The van der Waals surface area contributed by atoms with Crippen molar-refractivity contribution in [2.45, 2.75) is 33.0 Å². The molecule has 108 valence electrons. The Morgan fingerprint density at radius 1 is 1.00 bits per heavy atom. The molecule has 1 saturated heterocycles. The number of rotatable bonds is 5. The average Bonchev–Trinajstić information content (AvgIpc) is 2.65. The summed E-state index contributed by atoms with van der Waals surface area (Å²) in [6.07, 6.45) is -0.954. The minimum atomic E-state index is -0.502. The lowest BCUT2D eigenvalue weighted by Crippen LogP contribution is -2.35. The molecule has 0 spiro atoms. The second kappa shape index (κ2) is 7.08. The van der Waals surface area contributed by atoms with Crippen LogP contribution in [0.15, 0.2) is 0 Å². The van der Waals surface area contributed by atoms with Gasteiger partial charge in [-0.15, -0.1) is 0 Å². The fourth-order valence-electron chi connectivity index (χ4n) is 1.84. The van der Waals surface area contributed by atoms with Gasteiger partial charge in [-0.1, -0.05) is 0 Å². The Morgan fingerprint density at radius 3 is 2.11 bits per heavy atom. The summed E-state index contributed by atoms with van der Waals surface area (Å²) in [6.45, 7) is 4.16. The molecule has 7 nitrogen and oxygen atoms in total. The summed E-state index contributed by atoms with van der Waals surface area (Å²) in [5.41, 5.74) is 0. The van der Waals surface area contributed by atoms with Crippen molar-refractivity contribution in [3.05, 3.63) is 0 Å². The Hall–Kier alpha value is -1.63. The van der Waals surface area contributed by atoms with Crippen LogP contribution in [0.4, 0.5) is 0 Å². The molecule has 1 heterocycles. The fourth-order valence-corrected chi connectivity index (χ4v) is 1.84. The molecule has 0 radical (unpaired) electrons. The van der Waals surface area contributed by atoms with E-state index < -0.39 is 30.1 Å². The van der Waals surface area contributed by atoms with E-state index in [9.17, 15) is 14.4 Å². The van der Waals surface area contributed by atoms with Gasteiger partial charge in [0, 0.05) is 20.8 Å². The van der Waals surface area contributed by atoms with E-state index in [0.717, 1.165) is 0 Å². The summed E-state index contributed by atoms with van der Waals surface area (Å²) in [4.78, 5) is 32.6. The van der Waals surface area contributed by atoms with E-state index in [-0.39, 0.29) is 25.7 Å². The molecule has 0 aromatic carbocycles. The molecule has 3 atom stereocenters. The van der Waals surface area contributed by atoms with Crippen LogP contribution in [0.3, 0.4) is 0 Å². The van der Waals surface area contributed by atoms with E-state index in [1.165, 1.54) is 20.8 Å². The molecule has 0 aromatic heterocycles. The van der Waals surface area contributed by atoms with Crippen molar-refractivity contribution >= 4 is 17.9 Å². The number of esters is 3. The lowest BCUT2D eigenvalue weighted by molar-refractivity contribution is -0.153. The van der Waals surface area contributed by atoms with E-state index in [4.69, 9.17) is 18.9 Å². The molecule has 0 aliphatic carbocycles. The van der Waals surface area contributed by atoms with Crippen LogP contribution in [0, 0.1) is 5.92 Å². The maximum Gasteiger partial charge on any atom is 0.302 e. The average molecular weight is 274 g/mol. The van der Waals surface area contributed by atoms with Crippen molar-refractivity contribution in [1.29, 1.82) is 0 Å². The van der Waals surface area contributed by atoms with Crippen molar-refractivity contribution in [3.63, 3.8) is 0 Å². The van der Waals surface area contributed by atoms with E-state index in [0.29, 0.717) is 0 Å². The lowest BCUT2D eigenvalue weighted by atomic mass is 10.0. The van der Waals surface area contributed by atoms with E-state index in [2.05, 4.69) is 0 Å². The summed E-state index contributed by atoms with van der Waals surface area (Å²) in [5, 5.41) is 0. The third-order valence-electron chi connectivity index (χ3n) is 2.68. The molecule has 0 saturated carbocycles. The van der Waals surface area contributed by atoms with Crippen LogP contribution in [0.5, 0.6) is 0 Å². The highest BCUT2D eigenvalue weighted by Gasteiger charge is 2.40. The lowest BCUT2D eigenvalue weighted by Gasteiger charge is -2.21. The van der Waals surface area contributed by atoms with Gasteiger partial charge in [0.1, 0.15) is 25.4 Å². The van der Waals surface area contributed by atoms with Gasteiger partial charge < -0.3 is 18.9 Å². The maximum atomic E-state index is 11.0. The van der Waals surface area contributed by atoms with Crippen molar-refractivity contribution in [2.75, 3.05) is 19.8 Å². The van der Waals surface area contributed by atoms with E-state index >= 15 is 0 Å². The van der Waals surface area contributed by atoms with Gasteiger partial charge in [-0.3, -0.25) is 14.4 Å². The van der Waals surface area contributed by atoms with Crippen molar-refractivity contribution in [1.82, 2.24) is 0 Å². The van der Waals surface area contributed by atoms with Gasteiger partial charge >= 0.3 is 17.9 Å². The van der Waals surface area contributed by atoms with Crippen LogP contribution >= 0.6 is 0 Å². The molecule has 19 heavy (non-hydrogen) atoms. The summed E-state index contributed by atoms with van der Waals surface area (Å²) in [5.74, 6) is -1.63. The van der Waals surface area contributed by atoms with Gasteiger partial charge in [0.25, 0.3) is 0 Å². The summed E-state index contributed by atoms with van der Waals surface area (Å²) in [6, 6.07) is 0. The topological polar surface area (TPSA) is 88.1 Å². The van der Waals surface area contributed by atoms with Gasteiger partial charge in [-0.2, -0.15) is 0 Å². The van der Waals surface area contributed by atoms with Gasteiger partial charge in [-0.05, 0) is 0 Å². The first-order chi connectivity index (χ1) is 8.90. The minimum Gasteiger partial charge on any atom is -0.465 e. The normalized spacial score (nSPS) is 25.7. The predicted octanol–water partition coefficient (Wildman–Crippen LogP) is 0.0593. The molecule has 1 rings (SSSR count). The molecule has 0 aromatic rings. The zero-order valence-corrected chi connectivity index (χ0v) is 11.2. The SMILES string of the molecule is CC(=O)OC[C@H]1[C@@H](OC(C)=O)CO[C@@H]1COC(C)=O. The Kier molecular flexibility index (Phi) is 5.75. The zero-order chi connectivity index (χ0) is 14.4. The monoisotopic (exact) mass is 274 g/mol. The molecule has 0 N–H and O–H groups in total. The largest absolute Gasteiger partial charge is 0.465 e. The van der Waals surface area contributed by atoms with Crippen molar-refractivity contribution < 1.29 is 33.3 Å². The molecule has 0 bridgehead atoms. The molecular formula is C12H18O7. The molecule has 7 heteroatoms. The van der Waals surface area contributed by atoms with Gasteiger partial charge in [0.2, 0.25) is 0 Å². The Morgan fingerprint density at radius 2 is 1.58 bits per heavy atom. The highest BCUT2D eigenvalue weighted by molar-refractivity contribution is 5.67. The molecular weight excluding hydrogens is 256 g/mol. The van der Waals surface area contributed by atoms with Crippen LogP contribution in [0.2, 0.25) is 0 Å².